The average Bonchev–Trinajstić information content (AvgIpc) is 3.51. The highest BCUT2D eigenvalue weighted by atomic mass is 16.5. The maximum atomic E-state index is 12.5. The van der Waals surface area contributed by atoms with Crippen LogP contribution in [-0.2, 0) is 16.8 Å². The molecule has 0 bridgehead atoms. The van der Waals surface area contributed by atoms with Gasteiger partial charge in [0.25, 0.3) is 11.8 Å². The smallest absolute Gasteiger partial charge is 0.291 e. The van der Waals surface area contributed by atoms with Crippen LogP contribution in [-0.4, -0.2) is 28.2 Å². The van der Waals surface area contributed by atoms with Gasteiger partial charge in [-0.1, -0.05) is 51.1 Å². The van der Waals surface area contributed by atoms with E-state index in [-0.39, 0.29) is 29.6 Å². The van der Waals surface area contributed by atoms with Crippen LogP contribution >= 0.6 is 0 Å². The molecule has 0 aliphatic heterocycles. The van der Waals surface area contributed by atoms with Crippen molar-refractivity contribution in [1.82, 2.24) is 9.78 Å². The average molecular weight is 473 g/mol. The normalized spacial score (nSPS) is 11.2. The molecule has 0 atom stereocenters. The standard InChI is InChI=1S/C27H28N4O4/c1-27(2,3)20-11-9-19(10-12-20)17-31-24(13-14-28-31)30-25(32)18-35-22-7-4-6-21(16-22)29-26(33)23-8-5-15-34-23/h4-16H,17-18H2,1-3H3,(H,29,33)(H,30,32). The Morgan fingerprint density at radius 2 is 1.80 bits per heavy atom. The van der Waals surface area contributed by atoms with E-state index >= 15 is 0 Å². The molecule has 0 saturated carbocycles. The molecular formula is C27H28N4O4. The minimum Gasteiger partial charge on any atom is -0.484 e. The Labute approximate surface area is 203 Å². The van der Waals surface area contributed by atoms with Crippen LogP contribution in [0.4, 0.5) is 11.5 Å². The molecule has 2 amide bonds. The molecule has 0 fully saturated rings. The summed E-state index contributed by atoms with van der Waals surface area (Å²) in [4.78, 5) is 24.6. The molecule has 0 aliphatic carbocycles. The number of furan rings is 1. The van der Waals surface area contributed by atoms with Crippen molar-refractivity contribution in [2.75, 3.05) is 17.2 Å². The Bertz CT molecular complexity index is 1290. The lowest BCUT2D eigenvalue weighted by Gasteiger charge is -2.19. The number of ether oxygens (including phenoxy) is 1. The highest BCUT2D eigenvalue weighted by Crippen LogP contribution is 2.23. The third-order valence-electron chi connectivity index (χ3n) is 5.34. The lowest BCUT2D eigenvalue weighted by molar-refractivity contribution is -0.118. The van der Waals surface area contributed by atoms with E-state index in [2.05, 4.69) is 60.8 Å². The monoisotopic (exact) mass is 472 g/mol. The third-order valence-corrected chi connectivity index (χ3v) is 5.34. The Morgan fingerprint density at radius 1 is 1.00 bits per heavy atom. The first-order valence-corrected chi connectivity index (χ1v) is 11.3. The van der Waals surface area contributed by atoms with Crippen LogP contribution in [0, 0.1) is 0 Å². The fourth-order valence-corrected chi connectivity index (χ4v) is 3.44. The molecule has 0 radical (unpaired) electrons. The minimum atomic E-state index is -0.369. The van der Waals surface area contributed by atoms with Gasteiger partial charge in [-0.15, -0.1) is 0 Å². The maximum Gasteiger partial charge on any atom is 0.291 e. The van der Waals surface area contributed by atoms with Crippen molar-refractivity contribution in [1.29, 1.82) is 0 Å². The number of nitrogens with one attached hydrogen (secondary N) is 2. The molecular weight excluding hydrogens is 444 g/mol. The Hall–Kier alpha value is -4.33. The van der Waals surface area contributed by atoms with Gasteiger partial charge in [0, 0.05) is 17.8 Å². The lowest BCUT2D eigenvalue weighted by Crippen LogP contribution is -2.22. The van der Waals surface area contributed by atoms with Gasteiger partial charge < -0.3 is 19.8 Å². The number of hydrogen-bond acceptors (Lipinski definition) is 5. The quantitative estimate of drug-likeness (QED) is 0.372. The first-order valence-electron chi connectivity index (χ1n) is 11.3. The van der Waals surface area contributed by atoms with Gasteiger partial charge in [0.2, 0.25) is 0 Å². The summed E-state index contributed by atoms with van der Waals surface area (Å²) in [6.07, 6.45) is 3.08. The predicted molar refractivity (Wildman–Crippen MR) is 134 cm³/mol. The first-order chi connectivity index (χ1) is 16.8. The molecule has 4 rings (SSSR count). The topological polar surface area (TPSA) is 98.4 Å². The van der Waals surface area contributed by atoms with Crippen LogP contribution < -0.4 is 15.4 Å². The summed E-state index contributed by atoms with van der Waals surface area (Å²) < 4.78 is 12.4. The van der Waals surface area contributed by atoms with Gasteiger partial charge in [0.1, 0.15) is 11.6 Å². The zero-order valence-electron chi connectivity index (χ0n) is 19.9. The van der Waals surface area contributed by atoms with Crippen LogP contribution in [0.15, 0.2) is 83.6 Å². The van der Waals surface area contributed by atoms with E-state index in [0.717, 1.165) is 5.56 Å². The molecule has 2 aromatic carbocycles. The highest BCUT2D eigenvalue weighted by molar-refractivity contribution is 6.02. The van der Waals surface area contributed by atoms with Crippen LogP contribution in [0.3, 0.4) is 0 Å². The third kappa shape index (κ3) is 6.38. The number of aromatic nitrogens is 2. The summed E-state index contributed by atoms with van der Waals surface area (Å²) in [7, 11) is 0. The summed E-state index contributed by atoms with van der Waals surface area (Å²) in [5.41, 5.74) is 2.96. The SMILES string of the molecule is CC(C)(C)c1ccc(Cn2nccc2NC(=O)COc2cccc(NC(=O)c3ccco3)c2)cc1. The number of benzene rings is 2. The number of anilines is 2. The number of hydrogen-bond donors (Lipinski definition) is 2. The second-order valence-corrected chi connectivity index (χ2v) is 9.12. The number of carbonyl (C=O) groups excluding carboxylic acids is 2. The van der Waals surface area contributed by atoms with Crippen molar-refractivity contribution in [3.8, 4) is 5.75 Å². The number of amides is 2. The number of rotatable bonds is 8. The zero-order chi connectivity index (χ0) is 24.8. The summed E-state index contributed by atoms with van der Waals surface area (Å²) in [6, 6.07) is 20.2. The van der Waals surface area contributed by atoms with E-state index < -0.39 is 0 Å². The second-order valence-electron chi connectivity index (χ2n) is 9.12. The molecule has 4 aromatic rings. The molecule has 0 unspecified atom stereocenters. The van der Waals surface area contributed by atoms with E-state index in [4.69, 9.17) is 9.15 Å². The van der Waals surface area contributed by atoms with Crippen molar-refractivity contribution in [2.24, 2.45) is 0 Å². The van der Waals surface area contributed by atoms with E-state index in [1.165, 1.54) is 11.8 Å². The van der Waals surface area contributed by atoms with Gasteiger partial charge in [-0.3, -0.25) is 9.59 Å². The van der Waals surface area contributed by atoms with Crippen molar-refractivity contribution >= 4 is 23.3 Å². The van der Waals surface area contributed by atoms with E-state index in [0.29, 0.717) is 23.8 Å². The summed E-state index contributed by atoms with van der Waals surface area (Å²) in [5.74, 6) is 0.548. The predicted octanol–water partition coefficient (Wildman–Crippen LogP) is 5.09. The summed E-state index contributed by atoms with van der Waals surface area (Å²) >= 11 is 0. The van der Waals surface area contributed by atoms with Crippen LogP contribution in [0.1, 0.15) is 42.5 Å². The number of carbonyl (C=O) groups is 2. The largest absolute Gasteiger partial charge is 0.484 e. The van der Waals surface area contributed by atoms with Crippen molar-refractivity contribution in [3.05, 3.63) is 96.1 Å². The lowest BCUT2D eigenvalue weighted by atomic mass is 9.87. The molecule has 0 saturated heterocycles. The second kappa shape index (κ2) is 10.3. The summed E-state index contributed by atoms with van der Waals surface area (Å²) in [6.45, 7) is 6.88. The Kier molecular flexibility index (Phi) is 7.01. The van der Waals surface area contributed by atoms with Crippen LogP contribution in [0.2, 0.25) is 0 Å². The van der Waals surface area contributed by atoms with Gasteiger partial charge >= 0.3 is 0 Å². The highest BCUT2D eigenvalue weighted by Gasteiger charge is 2.14. The Balaban J connectivity index is 1.31. The van der Waals surface area contributed by atoms with Gasteiger partial charge in [-0.2, -0.15) is 5.10 Å². The van der Waals surface area contributed by atoms with E-state index in [1.807, 2.05) is 0 Å². The van der Waals surface area contributed by atoms with Gasteiger partial charge in [-0.25, -0.2) is 4.68 Å². The number of nitrogens with zero attached hydrogens (tertiary/aromatic N) is 2. The molecule has 35 heavy (non-hydrogen) atoms. The molecule has 2 heterocycles. The molecule has 8 nitrogen and oxygen atoms in total. The van der Waals surface area contributed by atoms with E-state index in [1.54, 1.807) is 53.3 Å². The van der Waals surface area contributed by atoms with Crippen LogP contribution in [0.5, 0.6) is 5.75 Å². The fraction of sp³-hybridized carbons (Fsp3) is 0.222. The molecule has 8 heteroatoms. The van der Waals surface area contributed by atoms with Crippen molar-refractivity contribution in [2.45, 2.75) is 32.7 Å². The minimum absolute atomic E-state index is 0.0912. The molecule has 2 aromatic heterocycles. The van der Waals surface area contributed by atoms with Gasteiger partial charge in [0.05, 0.1) is 19.0 Å². The Morgan fingerprint density at radius 3 is 2.51 bits per heavy atom. The van der Waals surface area contributed by atoms with Crippen molar-refractivity contribution < 1.29 is 18.7 Å². The van der Waals surface area contributed by atoms with Gasteiger partial charge in [0.15, 0.2) is 12.4 Å². The molecule has 0 aliphatic rings. The summed E-state index contributed by atoms with van der Waals surface area (Å²) in [5, 5.41) is 9.89. The van der Waals surface area contributed by atoms with Crippen molar-refractivity contribution in [3.63, 3.8) is 0 Å². The fourth-order valence-electron chi connectivity index (χ4n) is 3.44. The first kappa shape index (κ1) is 23.8. The molecule has 0 spiro atoms. The maximum absolute atomic E-state index is 12.5. The van der Waals surface area contributed by atoms with Crippen LogP contribution in [0.25, 0.3) is 0 Å². The molecule has 180 valence electrons. The molecule has 2 N–H and O–H groups in total. The zero-order valence-corrected chi connectivity index (χ0v) is 19.9. The van der Waals surface area contributed by atoms with Gasteiger partial charge in [-0.05, 0) is 40.8 Å². The van der Waals surface area contributed by atoms with E-state index in [9.17, 15) is 9.59 Å².